The number of hydrogen-bond donors (Lipinski definition) is 1. The van der Waals surface area contributed by atoms with Gasteiger partial charge in [-0.3, -0.25) is 4.79 Å². The first kappa shape index (κ1) is 18.9. The van der Waals surface area contributed by atoms with Crippen molar-refractivity contribution in [1.29, 1.82) is 0 Å². The lowest BCUT2D eigenvalue weighted by Gasteiger charge is -2.24. The van der Waals surface area contributed by atoms with Crippen LogP contribution < -0.4 is 5.32 Å². The molecule has 2 bridgehead atoms. The second-order valence-corrected chi connectivity index (χ2v) is 10.5. The summed E-state index contributed by atoms with van der Waals surface area (Å²) in [6, 6.07) is 5.35. The fourth-order valence-corrected chi connectivity index (χ4v) is 6.88. The Bertz CT molecular complexity index is 813. The maximum Gasteiger partial charge on any atom is 0.251 e. The summed E-state index contributed by atoms with van der Waals surface area (Å²) in [4.78, 5) is 13.1. The number of hydrogen-bond acceptors (Lipinski definition) is 3. The van der Waals surface area contributed by atoms with Crippen LogP contribution in [0.3, 0.4) is 0 Å². The van der Waals surface area contributed by atoms with Crippen molar-refractivity contribution in [1.82, 2.24) is 9.62 Å². The summed E-state index contributed by atoms with van der Waals surface area (Å²) in [5.74, 6) is 1.22. The molecule has 148 valence electrons. The number of nitrogens with one attached hydrogen (secondary N) is 1. The van der Waals surface area contributed by atoms with Crippen LogP contribution in [0.1, 0.15) is 67.3 Å². The van der Waals surface area contributed by atoms with E-state index in [1.165, 1.54) is 19.3 Å². The maximum absolute atomic E-state index is 13.2. The molecule has 3 atom stereocenters. The van der Waals surface area contributed by atoms with Crippen LogP contribution in [0.15, 0.2) is 23.1 Å². The number of nitrogens with zero attached hydrogens (tertiary/aromatic N) is 1. The zero-order valence-corrected chi connectivity index (χ0v) is 16.9. The average molecular weight is 391 g/mol. The molecule has 2 saturated carbocycles. The number of aryl methyl sites for hydroxylation is 1. The number of sulfonamides is 1. The van der Waals surface area contributed by atoms with E-state index in [1.807, 2.05) is 6.92 Å². The molecule has 0 aromatic heterocycles. The minimum Gasteiger partial charge on any atom is -0.349 e. The van der Waals surface area contributed by atoms with E-state index in [9.17, 15) is 13.2 Å². The van der Waals surface area contributed by atoms with Gasteiger partial charge in [-0.05, 0) is 68.6 Å². The minimum atomic E-state index is -3.55. The Kier molecular flexibility index (Phi) is 5.30. The topological polar surface area (TPSA) is 66.5 Å². The van der Waals surface area contributed by atoms with Crippen LogP contribution >= 0.6 is 0 Å². The lowest BCUT2D eigenvalue weighted by Crippen LogP contribution is -2.38. The first-order valence-electron chi connectivity index (χ1n) is 10.4. The van der Waals surface area contributed by atoms with Gasteiger partial charge in [-0.15, -0.1) is 0 Å². The van der Waals surface area contributed by atoms with Crippen molar-refractivity contribution in [3.63, 3.8) is 0 Å². The van der Waals surface area contributed by atoms with Gasteiger partial charge in [-0.1, -0.05) is 25.3 Å². The van der Waals surface area contributed by atoms with E-state index in [0.29, 0.717) is 30.1 Å². The predicted octanol–water partition coefficient (Wildman–Crippen LogP) is 3.48. The standard InChI is InChI=1S/C21H30N2O3S/c1-15-6-8-18(21(24)22-19-13-16-7-9-17(19)12-16)14-20(15)27(25,26)23-10-4-2-3-5-11-23/h6,8,14,16-17,19H,2-5,7,9-13H2,1H3,(H,22,24)/t16-,17-,19-/m1/s1. The van der Waals surface area contributed by atoms with Crippen molar-refractivity contribution in [2.24, 2.45) is 11.8 Å². The summed E-state index contributed by atoms with van der Waals surface area (Å²) in [7, 11) is -3.55. The highest BCUT2D eigenvalue weighted by Crippen LogP contribution is 2.44. The number of fused-ring (bicyclic) bond motifs is 2. The fourth-order valence-electron chi connectivity index (χ4n) is 5.11. The van der Waals surface area contributed by atoms with Crippen molar-refractivity contribution in [2.45, 2.75) is 69.2 Å². The van der Waals surface area contributed by atoms with Gasteiger partial charge in [0.25, 0.3) is 5.91 Å². The van der Waals surface area contributed by atoms with E-state index in [1.54, 1.807) is 22.5 Å². The molecule has 2 aliphatic carbocycles. The highest BCUT2D eigenvalue weighted by molar-refractivity contribution is 7.89. The van der Waals surface area contributed by atoms with Crippen LogP contribution in [0, 0.1) is 18.8 Å². The lowest BCUT2D eigenvalue weighted by molar-refractivity contribution is 0.0922. The Balaban J connectivity index is 1.54. The Morgan fingerprint density at radius 1 is 1.07 bits per heavy atom. The van der Waals surface area contributed by atoms with Gasteiger partial charge in [-0.25, -0.2) is 8.42 Å². The molecule has 3 fully saturated rings. The molecule has 1 heterocycles. The van der Waals surface area contributed by atoms with Crippen molar-refractivity contribution in [3.8, 4) is 0 Å². The summed E-state index contributed by atoms with van der Waals surface area (Å²) < 4.78 is 28.0. The number of carbonyl (C=O) groups is 1. The average Bonchev–Trinajstić information content (AvgIpc) is 3.14. The molecule has 6 heteroatoms. The van der Waals surface area contributed by atoms with Crippen LogP contribution in [0.2, 0.25) is 0 Å². The SMILES string of the molecule is Cc1ccc(C(=O)N[C@@H]2C[C@@H]3CC[C@@H]2C3)cc1S(=O)(=O)N1CCCCCC1. The normalized spacial score (nSPS) is 28.9. The third kappa shape index (κ3) is 3.79. The van der Waals surface area contributed by atoms with E-state index in [2.05, 4.69) is 5.32 Å². The molecule has 0 unspecified atom stereocenters. The van der Waals surface area contributed by atoms with Gasteiger partial charge in [0.15, 0.2) is 0 Å². The van der Waals surface area contributed by atoms with Gasteiger partial charge < -0.3 is 5.32 Å². The van der Waals surface area contributed by atoms with Crippen LogP contribution in [-0.4, -0.2) is 37.8 Å². The molecule has 27 heavy (non-hydrogen) atoms. The molecular weight excluding hydrogens is 360 g/mol. The van der Waals surface area contributed by atoms with Crippen molar-refractivity contribution in [2.75, 3.05) is 13.1 Å². The number of benzene rings is 1. The van der Waals surface area contributed by atoms with Gasteiger partial charge in [0, 0.05) is 24.7 Å². The first-order chi connectivity index (χ1) is 12.9. The second kappa shape index (κ2) is 7.55. The van der Waals surface area contributed by atoms with Crippen molar-refractivity contribution >= 4 is 15.9 Å². The molecular formula is C21H30N2O3S. The summed E-state index contributed by atoms with van der Waals surface area (Å²) >= 11 is 0. The smallest absolute Gasteiger partial charge is 0.251 e. The molecule has 1 aliphatic heterocycles. The molecule has 0 radical (unpaired) electrons. The maximum atomic E-state index is 13.2. The minimum absolute atomic E-state index is 0.139. The van der Waals surface area contributed by atoms with E-state index >= 15 is 0 Å². The monoisotopic (exact) mass is 390 g/mol. The van der Waals surface area contributed by atoms with E-state index in [-0.39, 0.29) is 16.8 Å². The summed E-state index contributed by atoms with van der Waals surface area (Å²) in [6.07, 6.45) is 8.77. The van der Waals surface area contributed by atoms with Gasteiger partial charge in [-0.2, -0.15) is 4.31 Å². The van der Waals surface area contributed by atoms with Crippen molar-refractivity contribution < 1.29 is 13.2 Å². The molecule has 4 rings (SSSR count). The molecule has 1 aromatic carbocycles. The number of amides is 1. The highest BCUT2D eigenvalue weighted by atomic mass is 32.2. The Hall–Kier alpha value is -1.40. The molecule has 1 N–H and O–H groups in total. The second-order valence-electron chi connectivity index (χ2n) is 8.55. The van der Waals surface area contributed by atoms with E-state index < -0.39 is 10.0 Å². The predicted molar refractivity (Wildman–Crippen MR) is 105 cm³/mol. The van der Waals surface area contributed by atoms with Gasteiger partial charge in [0.05, 0.1) is 4.90 Å². The van der Waals surface area contributed by atoms with Crippen LogP contribution in [0.4, 0.5) is 0 Å². The van der Waals surface area contributed by atoms with E-state index in [4.69, 9.17) is 0 Å². The third-order valence-electron chi connectivity index (χ3n) is 6.69. The zero-order valence-electron chi connectivity index (χ0n) is 16.1. The summed E-state index contributed by atoms with van der Waals surface area (Å²) in [5.41, 5.74) is 1.16. The molecule has 1 amide bonds. The molecule has 1 saturated heterocycles. The van der Waals surface area contributed by atoms with E-state index in [0.717, 1.165) is 38.0 Å². The van der Waals surface area contributed by atoms with Crippen molar-refractivity contribution in [3.05, 3.63) is 29.3 Å². The van der Waals surface area contributed by atoms with Gasteiger partial charge in [0.2, 0.25) is 10.0 Å². The highest BCUT2D eigenvalue weighted by Gasteiger charge is 2.40. The summed E-state index contributed by atoms with van der Waals surface area (Å²) in [6.45, 7) is 2.95. The van der Waals surface area contributed by atoms with Crippen LogP contribution in [-0.2, 0) is 10.0 Å². The largest absolute Gasteiger partial charge is 0.349 e. The lowest BCUT2D eigenvalue weighted by atomic mass is 9.95. The third-order valence-corrected chi connectivity index (χ3v) is 8.73. The molecule has 0 spiro atoms. The Morgan fingerprint density at radius 2 is 1.81 bits per heavy atom. The molecule has 5 nitrogen and oxygen atoms in total. The number of carbonyl (C=O) groups excluding carboxylic acids is 1. The van der Waals surface area contributed by atoms with Gasteiger partial charge in [0.1, 0.15) is 0 Å². The first-order valence-corrected chi connectivity index (χ1v) is 11.8. The molecule has 1 aromatic rings. The van der Waals surface area contributed by atoms with Crippen LogP contribution in [0.25, 0.3) is 0 Å². The number of rotatable bonds is 4. The fraction of sp³-hybridized carbons (Fsp3) is 0.667. The van der Waals surface area contributed by atoms with Gasteiger partial charge >= 0.3 is 0 Å². The molecule has 3 aliphatic rings. The van der Waals surface area contributed by atoms with Crippen LogP contribution in [0.5, 0.6) is 0 Å². The Morgan fingerprint density at radius 3 is 2.44 bits per heavy atom. The summed E-state index contributed by atoms with van der Waals surface area (Å²) in [5, 5.41) is 3.17. The zero-order chi connectivity index (χ0) is 19.0. The quantitative estimate of drug-likeness (QED) is 0.856. The Labute approximate surface area is 162 Å².